The lowest BCUT2D eigenvalue weighted by Crippen LogP contribution is -2.14. The van der Waals surface area contributed by atoms with Gasteiger partial charge in [-0.2, -0.15) is 0 Å². The van der Waals surface area contributed by atoms with Crippen molar-refractivity contribution in [1.29, 1.82) is 0 Å². The van der Waals surface area contributed by atoms with Gasteiger partial charge >= 0.3 is 0 Å². The van der Waals surface area contributed by atoms with Crippen LogP contribution in [-0.2, 0) is 11.2 Å². The van der Waals surface area contributed by atoms with Crippen molar-refractivity contribution in [1.82, 2.24) is 0 Å². The number of ether oxygens (including phenoxy) is 1. The zero-order chi connectivity index (χ0) is 15.1. The summed E-state index contributed by atoms with van der Waals surface area (Å²) in [7, 11) is 0. The number of rotatable bonds is 6. The first kappa shape index (κ1) is 15.0. The van der Waals surface area contributed by atoms with Gasteiger partial charge in [0.05, 0.1) is 13.0 Å². The van der Waals surface area contributed by atoms with Crippen LogP contribution >= 0.6 is 0 Å². The van der Waals surface area contributed by atoms with Crippen molar-refractivity contribution in [2.75, 3.05) is 18.5 Å². The number of amides is 1. The lowest BCUT2D eigenvalue weighted by atomic mass is 10.1. The molecule has 5 heteroatoms. The number of carbonyl (C=O) groups is 1. The molecule has 2 rings (SSSR count). The van der Waals surface area contributed by atoms with Crippen molar-refractivity contribution in [3.8, 4) is 5.75 Å². The predicted octanol–water partition coefficient (Wildman–Crippen LogP) is 2.38. The second-order valence-corrected chi connectivity index (χ2v) is 4.45. The van der Waals surface area contributed by atoms with E-state index >= 15 is 0 Å². The second kappa shape index (κ2) is 7.40. The van der Waals surface area contributed by atoms with Crippen LogP contribution in [0, 0.1) is 5.82 Å². The van der Waals surface area contributed by atoms with Crippen LogP contribution in [0.15, 0.2) is 48.5 Å². The highest BCUT2D eigenvalue weighted by molar-refractivity contribution is 5.92. The second-order valence-electron chi connectivity index (χ2n) is 4.45. The Morgan fingerprint density at radius 3 is 2.38 bits per heavy atom. The van der Waals surface area contributed by atoms with E-state index in [0.717, 1.165) is 5.56 Å². The molecule has 0 aromatic heterocycles. The smallest absolute Gasteiger partial charge is 0.228 e. The molecule has 2 N–H and O–H groups in total. The largest absolute Gasteiger partial charge is 0.491 e. The monoisotopic (exact) mass is 289 g/mol. The predicted molar refractivity (Wildman–Crippen MR) is 77.8 cm³/mol. The number of nitrogens with one attached hydrogen (secondary N) is 1. The van der Waals surface area contributed by atoms with E-state index in [-0.39, 0.29) is 31.4 Å². The van der Waals surface area contributed by atoms with Crippen LogP contribution in [0.4, 0.5) is 10.1 Å². The van der Waals surface area contributed by atoms with Gasteiger partial charge in [0, 0.05) is 5.69 Å². The number of benzene rings is 2. The number of anilines is 1. The maximum absolute atomic E-state index is 12.8. The zero-order valence-electron chi connectivity index (χ0n) is 11.4. The van der Waals surface area contributed by atoms with Crippen molar-refractivity contribution in [2.45, 2.75) is 6.42 Å². The topological polar surface area (TPSA) is 58.6 Å². The molecule has 0 bridgehead atoms. The Balaban J connectivity index is 1.88. The molecule has 2 aromatic carbocycles. The molecule has 1 amide bonds. The molecular weight excluding hydrogens is 273 g/mol. The normalized spacial score (nSPS) is 10.2. The minimum absolute atomic E-state index is 0.0455. The number of hydrogen-bond acceptors (Lipinski definition) is 3. The van der Waals surface area contributed by atoms with E-state index in [1.54, 1.807) is 36.4 Å². The molecule has 0 saturated heterocycles. The standard InChI is InChI=1S/C16H16FNO3/c17-13-3-1-12(2-4-13)11-16(20)18-14-5-7-15(8-6-14)21-10-9-19/h1-8,19H,9-11H2,(H,18,20). The van der Waals surface area contributed by atoms with Crippen LogP contribution in [0.25, 0.3) is 0 Å². The number of aliphatic hydroxyl groups excluding tert-OH is 1. The Morgan fingerprint density at radius 1 is 1.10 bits per heavy atom. The van der Waals surface area contributed by atoms with Gasteiger partial charge < -0.3 is 15.2 Å². The molecule has 0 fully saturated rings. The highest BCUT2D eigenvalue weighted by atomic mass is 19.1. The number of halogens is 1. The van der Waals surface area contributed by atoms with Crippen LogP contribution in [0.2, 0.25) is 0 Å². The van der Waals surface area contributed by atoms with Gasteiger partial charge in [0.1, 0.15) is 18.2 Å². The van der Waals surface area contributed by atoms with Gasteiger partial charge in [0.15, 0.2) is 0 Å². The summed E-state index contributed by atoms with van der Waals surface area (Å²) in [5, 5.41) is 11.4. The van der Waals surface area contributed by atoms with Gasteiger partial charge in [0.2, 0.25) is 5.91 Å². The van der Waals surface area contributed by atoms with Gasteiger partial charge in [-0.15, -0.1) is 0 Å². The van der Waals surface area contributed by atoms with Crippen molar-refractivity contribution >= 4 is 11.6 Å². The minimum atomic E-state index is -0.322. The van der Waals surface area contributed by atoms with E-state index in [2.05, 4.69) is 5.32 Å². The molecule has 21 heavy (non-hydrogen) atoms. The summed E-state index contributed by atoms with van der Waals surface area (Å²) >= 11 is 0. The maximum Gasteiger partial charge on any atom is 0.228 e. The molecule has 4 nitrogen and oxygen atoms in total. The van der Waals surface area contributed by atoms with Gasteiger partial charge in [-0.1, -0.05) is 12.1 Å². The van der Waals surface area contributed by atoms with E-state index in [9.17, 15) is 9.18 Å². The first-order valence-corrected chi connectivity index (χ1v) is 6.55. The van der Waals surface area contributed by atoms with E-state index in [0.29, 0.717) is 11.4 Å². The molecule has 0 aliphatic carbocycles. The van der Waals surface area contributed by atoms with Crippen molar-refractivity contribution in [3.05, 3.63) is 59.9 Å². The fourth-order valence-electron chi connectivity index (χ4n) is 1.79. The molecule has 0 atom stereocenters. The van der Waals surface area contributed by atoms with E-state index in [1.807, 2.05) is 0 Å². The third-order valence-electron chi connectivity index (χ3n) is 2.78. The van der Waals surface area contributed by atoms with E-state index < -0.39 is 0 Å². The Labute approximate surface area is 122 Å². The lowest BCUT2D eigenvalue weighted by molar-refractivity contribution is -0.115. The summed E-state index contributed by atoms with van der Waals surface area (Å²) in [4.78, 5) is 11.9. The van der Waals surface area contributed by atoms with Crippen LogP contribution in [-0.4, -0.2) is 24.2 Å². The zero-order valence-corrected chi connectivity index (χ0v) is 11.4. The number of hydrogen-bond donors (Lipinski definition) is 2. The van der Waals surface area contributed by atoms with Gasteiger partial charge in [0.25, 0.3) is 0 Å². The Hall–Kier alpha value is -2.40. The van der Waals surface area contributed by atoms with Crippen molar-refractivity contribution < 1.29 is 19.0 Å². The molecule has 0 heterocycles. The summed E-state index contributed by atoms with van der Waals surface area (Å²) in [5.41, 5.74) is 1.40. The summed E-state index contributed by atoms with van der Waals surface area (Å²) in [6.45, 7) is 0.187. The first-order chi connectivity index (χ1) is 10.2. The fourth-order valence-corrected chi connectivity index (χ4v) is 1.79. The summed E-state index contributed by atoms with van der Waals surface area (Å²) in [6, 6.07) is 12.7. The van der Waals surface area contributed by atoms with E-state index in [4.69, 9.17) is 9.84 Å². The Morgan fingerprint density at radius 2 is 1.76 bits per heavy atom. The van der Waals surface area contributed by atoms with Gasteiger partial charge in [-0.05, 0) is 42.0 Å². The molecule has 0 aliphatic rings. The van der Waals surface area contributed by atoms with Crippen LogP contribution in [0.1, 0.15) is 5.56 Å². The summed E-state index contributed by atoms with van der Waals surface area (Å²) in [6.07, 6.45) is 0.184. The molecule has 0 aliphatic heterocycles. The third-order valence-corrected chi connectivity index (χ3v) is 2.78. The molecule has 0 saturated carbocycles. The van der Waals surface area contributed by atoms with Crippen LogP contribution in [0.5, 0.6) is 5.75 Å². The average Bonchev–Trinajstić information content (AvgIpc) is 2.49. The third kappa shape index (κ3) is 4.89. The SMILES string of the molecule is O=C(Cc1ccc(F)cc1)Nc1ccc(OCCO)cc1. The molecule has 110 valence electrons. The number of carbonyl (C=O) groups excluding carboxylic acids is 1. The molecule has 0 unspecified atom stereocenters. The Kier molecular flexibility index (Phi) is 5.29. The summed E-state index contributed by atoms with van der Waals surface area (Å²) < 4.78 is 18.0. The highest BCUT2D eigenvalue weighted by Crippen LogP contribution is 2.16. The minimum Gasteiger partial charge on any atom is -0.491 e. The maximum atomic E-state index is 12.8. The Bertz CT molecular complexity index is 581. The first-order valence-electron chi connectivity index (χ1n) is 6.55. The fraction of sp³-hybridized carbons (Fsp3) is 0.188. The van der Waals surface area contributed by atoms with Gasteiger partial charge in [-0.25, -0.2) is 4.39 Å². The molecular formula is C16H16FNO3. The van der Waals surface area contributed by atoms with Crippen LogP contribution in [0.3, 0.4) is 0 Å². The van der Waals surface area contributed by atoms with Crippen molar-refractivity contribution in [2.24, 2.45) is 0 Å². The molecule has 0 spiro atoms. The summed E-state index contributed by atoms with van der Waals surface area (Å²) in [5.74, 6) is 0.129. The van der Waals surface area contributed by atoms with E-state index in [1.165, 1.54) is 12.1 Å². The van der Waals surface area contributed by atoms with Crippen LogP contribution < -0.4 is 10.1 Å². The molecule has 2 aromatic rings. The quantitative estimate of drug-likeness (QED) is 0.858. The number of aliphatic hydroxyl groups is 1. The van der Waals surface area contributed by atoms with Gasteiger partial charge in [-0.3, -0.25) is 4.79 Å². The highest BCUT2D eigenvalue weighted by Gasteiger charge is 2.04. The molecule has 0 radical (unpaired) electrons. The lowest BCUT2D eigenvalue weighted by Gasteiger charge is -2.07. The average molecular weight is 289 g/mol. The van der Waals surface area contributed by atoms with Crippen molar-refractivity contribution in [3.63, 3.8) is 0 Å².